The summed E-state index contributed by atoms with van der Waals surface area (Å²) in [6.45, 7) is 2.04. The predicted octanol–water partition coefficient (Wildman–Crippen LogP) is 4.23. The second kappa shape index (κ2) is 9.72. The topological polar surface area (TPSA) is 49.4 Å². The Kier molecular flexibility index (Phi) is 7.63. The zero-order valence-corrected chi connectivity index (χ0v) is 16.6. The number of benzene rings is 2. The van der Waals surface area contributed by atoms with Gasteiger partial charge in [-0.25, -0.2) is 4.39 Å². The Bertz CT molecular complexity index is 812. The molecule has 0 bridgehead atoms. The van der Waals surface area contributed by atoms with Gasteiger partial charge >= 0.3 is 0 Å². The average molecular weight is 411 g/mol. The van der Waals surface area contributed by atoms with Gasteiger partial charge in [-0.15, -0.1) is 0 Å². The van der Waals surface area contributed by atoms with Crippen molar-refractivity contribution in [3.63, 3.8) is 0 Å². The monoisotopic (exact) mass is 410 g/mol. The number of likely N-dealkylation sites (N-methyl/N-ethyl adjacent to an activating group) is 1. The van der Waals surface area contributed by atoms with Gasteiger partial charge in [0.15, 0.2) is 0 Å². The predicted molar refractivity (Wildman–Crippen MR) is 105 cm³/mol. The fourth-order valence-electron chi connectivity index (χ4n) is 2.80. The third-order valence-electron chi connectivity index (χ3n) is 4.24. The molecule has 0 heterocycles. The van der Waals surface area contributed by atoms with E-state index in [0.29, 0.717) is 22.0 Å². The molecule has 0 radical (unpaired) electrons. The number of carbonyl (C=O) groups excluding carboxylic acids is 2. The maximum absolute atomic E-state index is 13.2. The van der Waals surface area contributed by atoms with Crippen LogP contribution in [-0.2, 0) is 22.6 Å². The summed E-state index contributed by atoms with van der Waals surface area (Å²) in [6, 6.07) is 10.2. The summed E-state index contributed by atoms with van der Waals surface area (Å²) in [5.41, 5.74) is 1.44. The van der Waals surface area contributed by atoms with Crippen molar-refractivity contribution in [3.05, 3.63) is 69.5 Å². The summed E-state index contributed by atoms with van der Waals surface area (Å²) in [5, 5.41) is 3.37. The molecular formula is C20H21Cl2FN2O2. The van der Waals surface area contributed by atoms with Gasteiger partial charge in [0.1, 0.15) is 11.9 Å². The zero-order chi connectivity index (χ0) is 20.0. The molecule has 0 saturated heterocycles. The van der Waals surface area contributed by atoms with Crippen molar-refractivity contribution in [1.82, 2.24) is 10.2 Å². The average Bonchev–Trinajstić information content (AvgIpc) is 2.65. The van der Waals surface area contributed by atoms with Crippen LogP contribution in [0.5, 0.6) is 0 Å². The highest BCUT2D eigenvalue weighted by molar-refractivity contribution is 6.42. The summed E-state index contributed by atoms with van der Waals surface area (Å²) >= 11 is 11.9. The van der Waals surface area contributed by atoms with E-state index in [0.717, 1.165) is 5.56 Å². The van der Waals surface area contributed by atoms with Crippen LogP contribution in [0.1, 0.15) is 24.5 Å². The van der Waals surface area contributed by atoms with E-state index in [1.165, 1.54) is 24.1 Å². The van der Waals surface area contributed by atoms with Crippen LogP contribution in [0.3, 0.4) is 0 Å². The summed E-state index contributed by atoms with van der Waals surface area (Å²) in [7, 11) is 1.53. The molecule has 7 heteroatoms. The minimum atomic E-state index is -0.629. The summed E-state index contributed by atoms with van der Waals surface area (Å²) in [4.78, 5) is 26.8. The summed E-state index contributed by atoms with van der Waals surface area (Å²) in [5.74, 6) is -0.832. The van der Waals surface area contributed by atoms with Gasteiger partial charge in [-0.2, -0.15) is 0 Å². The molecule has 0 saturated carbocycles. The number of nitrogens with one attached hydrogen (secondary N) is 1. The first-order valence-corrected chi connectivity index (χ1v) is 9.30. The lowest BCUT2D eigenvalue weighted by molar-refractivity contribution is -0.140. The quantitative estimate of drug-likeness (QED) is 0.742. The molecule has 1 N–H and O–H groups in total. The number of halogens is 3. The Morgan fingerprint density at radius 2 is 1.70 bits per heavy atom. The highest BCUT2D eigenvalue weighted by Crippen LogP contribution is 2.23. The molecular weight excluding hydrogens is 390 g/mol. The molecule has 2 aromatic carbocycles. The highest BCUT2D eigenvalue weighted by Gasteiger charge is 2.28. The Labute approximate surface area is 168 Å². The molecule has 1 atom stereocenters. The molecule has 2 aromatic rings. The first-order chi connectivity index (χ1) is 12.8. The molecule has 4 nitrogen and oxygen atoms in total. The number of hydrogen-bond donors (Lipinski definition) is 1. The molecule has 0 unspecified atom stereocenters. The van der Waals surface area contributed by atoms with Crippen molar-refractivity contribution in [2.24, 2.45) is 0 Å². The fourth-order valence-corrected chi connectivity index (χ4v) is 3.12. The Morgan fingerprint density at radius 3 is 2.26 bits per heavy atom. The Morgan fingerprint density at radius 1 is 1.07 bits per heavy atom. The number of amides is 2. The lowest BCUT2D eigenvalue weighted by Crippen LogP contribution is -2.48. The largest absolute Gasteiger partial charge is 0.357 e. The molecule has 0 fully saturated rings. The van der Waals surface area contributed by atoms with Crippen LogP contribution in [0.4, 0.5) is 4.39 Å². The van der Waals surface area contributed by atoms with Crippen molar-refractivity contribution in [3.8, 4) is 0 Å². The van der Waals surface area contributed by atoms with Crippen molar-refractivity contribution >= 4 is 35.0 Å². The van der Waals surface area contributed by atoms with Crippen LogP contribution in [0, 0.1) is 5.82 Å². The first-order valence-electron chi connectivity index (χ1n) is 8.55. The van der Waals surface area contributed by atoms with Gasteiger partial charge in [0.05, 0.1) is 16.5 Å². The van der Waals surface area contributed by atoms with Crippen LogP contribution >= 0.6 is 23.2 Å². The van der Waals surface area contributed by atoms with E-state index < -0.39 is 6.04 Å². The number of hydrogen-bond acceptors (Lipinski definition) is 2. The Hall–Kier alpha value is -2.11. The van der Waals surface area contributed by atoms with E-state index in [1.807, 2.05) is 6.92 Å². The molecule has 0 aromatic heterocycles. The first kappa shape index (κ1) is 21.2. The minimum absolute atomic E-state index is 0.0750. The van der Waals surface area contributed by atoms with Gasteiger partial charge in [-0.1, -0.05) is 48.3 Å². The minimum Gasteiger partial charge on any atom is -0.357 e. The van der Waals surface area contributed by atoms with Crippen molar-refractivity contribution in [2.75, 3.05) is 7.05 Å². The van der Waals surface area contributed by atoms with Gasteiger partial charge in [-0.05, 0) is 41.8 Å². The van der Waals surface area contributed by atoms with E-state index >= 15 is 0 Å². The molecule has 144 valence electrons. The van der Waals surface area contributed by atoms with Gasteiger partial charge in [-0.3, -0.25) is 9.59 Å². The maximum Gasteiger partial charge on any atom is 0.242 e. The van der Waals surface area contributed by atoms with E-state index in [1.54, 1.807) is 30.3 Å². The summed E-state index contributed by atoms with van der Waals surface area (Å²) in [6.07, 6.45) is 0.527. The summed E-state index contributed by atoms with van der Waals surface area (Å²) < 4.78 is 13.2. The molecule has 2 rings (SSSR count). The third-order valence-corrected chi connectivity index (χ3v) is 4.98. The smallest absolute Gasteiger partial charge is 0.242 e. The van der Waals surface area contributed by atoms with E-state index in [-0.39, 0.29) is 30.6 Å². The van der Waals surface area contributed by atoms with Crippen molar-refractivity contribution in [1.29, 1.82) is 0 Å². The van der Waals surface area contributed by atoms with E-state index in [9.17, 15) is 14.0 Å². The second-order valence-electron chi connectivity index (χ2n) is 6.11. The maximum atomic E-state index is 13.2. The van der Waals surface area contributed by atoms with Crippen LogP contribution in [0.15, 0.2) is 42.5 Å². The normalized spacial score (nSPS) is 11.7. The number of nitrogens with zero attached hydrogens (tertiary/aromatic N) is 1. The molecule has 0 aliphatic rings. The zero-order valence-electron chi connectivity index (χ0n) is 15.1. The second-order valence-corrected chi connectivity index (χ2v) is 6.93. The van der Waals surface area contributed by atoms with Crippen LogP contribution in [0.25, 0.3) is 0 Å². The molecule has 0 aliphatic heterocycles. The number of carbonyl (C=O) groups is 2. The lowest BCUT2D eigenvalue weighted by Gasteiger charge is -2.30. The standard InChI is InChI=1S/C20H21Cl2FN2O2/c1-3-18(20(27)24-2)25(12-13-4-7-15(23)8-5-13)19(26)11-14-6-9-16(21)17(22)10-14/h4-10,18H,3,11-12H2,1-2H3,(H,24,27)/t18-/m1/s1. The molecule has 0 spiro atoms. The van der Waals surface area contributed by atoms with Crippen molar-refractivity contribution in [2.45, 2.75) is 32.4 Å². The fraction of sp³-hybridized carbons (Fsp3) is 0.300. The molecule has 27 heavy (non-hydrogen) atoms. The van der Waals surface area contributed by atoms with Gasteiger partial charge in [0, 0.05) is 13.6 Å². The highest BCUT2D eigenvalue weighted by atomic mass is 35.5. The number of rotatable bonds is 7. The molecule has 0 aliphatic carbocycles. The van der Waals surface area contributed by atoms with Crippen molar-refractivity contribution < 1.29 is 14.0 Å². The van der Waals surface area contributed by atoms with E-state index in [2.05, 4.69) is 5.32 Å². The Balaban J connectivity index is 2.28. The van der Waals surface area contributed by atoms with Crippen LogP contribution < -0.4 is 5.32 Å². The van der Waals surface area contributed by atoms with Crippen LogP contribution in [-0.4, -0.2) is 29.8 Å². The third kappa shape index (κ3) is 5.68. The lowest BCUT2D eigenvalue weighted by atomic mass is 10.1. The van der Waals surface area contributed by atoms with Gasteiger partial charge in [0.25, 0.3) is 0 Å². The van der Waals surface area contributed by atoms with Gasteiger partial charge < -0.3 is 10.2 Å². The van der Waals surface area contributed by atoms with E-state index in [4.69, 9.17) is 23.2 Å². The molecule has 2 amide bonds. The van der Waals surface area contributed by atoms with Gasteiger partial charge in [0.2, 0.25) is 11.8 Å². The SMILES string of the molecule is CC[C@H](C(=O)NC)N(Cc1ccc(F)cc1)C(=O)Cc1ccc(Cl)c(Cl)c1. The van der Waals surface area contributed by atoms with Crippen LogP contribution in [0.2, 0.25) is 10.0 Å².